The highest BCUT2D eigenvalue weighted by atomic mass is 79.9. The van der Waals surface area contributed by atoms with E-state index < -0.39 is 11.8 Å². The zero-order chi connectivity index (χ0) is 24.7. The van der Waals surface area contributed by atoms with Crippen molar-refractivity contribution in [3.8, 4) is 5.75 Å². The molecule has 0 heterocycles. The molecule has 174 valence electrons. The topological polar surface area (TPSA) is 94.0 Å². The fourth-order valence-electron chi connectivity index (χ4n) is 2.88. The lowest BCUT2D eigenvalue weighted by atomic mass is 10.1. The average molecular weight is 542 g/mol. The Morgan fingerprint density at radius 3 is 2.38 bits per heavy atom. The highest BCUT2D eigenvalue weighted by Gasteiger charge is 2.14. The number of aromatic hydroxyl groups is 1. The molecule has 34 heavy (non-hydrogen) atoms. The molecule has 0 spiro atoms. The molecule has 0 aliphatic heterocycles. The van der Waals surface area contributed by atoms with Crippen LogP contribution in [0.1, 0.15) is 21.5 Å². The molecule has 7 nitrogen and oxygen atoms in total. The normalized spacial score (nSPS) is 11.4. The number of halogens is 2. The van der Waals surface area contributed by atoms with Crippen LogP contribution >= 0.6 is 27.5 Å². The second-order valence-electron chi connectivity index (χ2n) is 7.39. The van der Waals surface area contributed by atoms with Crippen molar-refractivity contribution in [3.05, 3.63) is 98.6 Å². The Balaban J connectivity index is 1.84. The number of rotatable bonds is 7. The number of hydrogen-bond donors (Lipinski definition) is 3. The molecule has 3 aromatic carbocycles. The van der Waals surface area contributed by atoms with E-state index in [-0.39, 0.29) is 11.4 Å². The molecule has 0 atom stereocenters. The maximum absolute atomic E-state index is 12.9. The number of phenolic OH excluding ortho intramolecular Hbond substituents is 1. The van der Waals surface area contributed by atoms with Crippen LogP contribution < -0.4 is 15.6 Å². The van der Waals surface area contributed by atoms with E-state index in [1.165, 1.54) is 18.3 Å². The van der Waals surface area contributed by atoms with Gasteiger partial charge in [-0.05, 0) is 64.0 Å². The summed E-state index contributed by atoms with van der Waals surface area (Å²) in [5, 5.41) is 17.0. The van der Waals surface area contributed by atoms with Crippen molar-refractivity contribution in [2.75, 3.05) is 19.0 Å². The Hall–Kier alpha value is -3.62. The van der Waals surface area contributed by atoms with Gasteiger partial charge in [-0.1, -0.05) is 41.9 Å². The summed E-state index contributed by atoms with van der Waals surface area (Å²) in [4.78, 5) is 27.5. The van der Waals surface area contributed by atoms with Crippen LogP contribution in [-0.4, -0.2) is 37.2 Å². The molecule has 0 aromatic heterocycles. The van der Waals surface area contributed by atoms with Gasteiger partial charge in [0.2, 0.25) is 0 Å². The first-order valence-electron chi connectivity index (χ1n) is 10.1. The minimum atomic E-state index is -0.641. The van der Waals surface area contributed by atoms with Gasteiger partial charge in [0.25, 0.3) is 11.8 Å². The Bertz CT molecular complexity index is 1240. The van der Waals surface area contributed by atoms with Crippen molar-refractivity contribution in [3.63, 3.8) is 0 Å². The molecule has 0 fully saturated rings. The number of carbonyl (C=O) groups is 2. The molecule has 0 unspecified atom stereocenters. The molecular formula is C25H22BrClN4O3. The number of benzene rings is 3. The van der Waals surface area contributed by atoms with Gasteiger partial charge in [-0.2, -0.15) is 5.10 Å². The van der Waals surface area contributed by atoms with E-state index in [0.717, 1.165) is 5.69 Å². The molecule has 3 rings (SSSR count). The molecule has 2 amide bonds. The molecule has 0 aliphatic rings. The van der Waals surface area contributed by atoms with Gasteiger partial charge in [0.15, 0.2) is 0 Å². The smallest absolute Gasteiger partial charge is 0.287 e. The third-order valence-electron chi connectivity index (χ3n) is 4.68. The van der Waals surface area contributed by atoms with Crippen molar-refractivity contribution in [2.45, 2.75) is 0 Å². The molecule has 0 saturated carbocycles. The van der Waals surface area contributed by atoms with Crippen LogP contribution in [0.4, 0.5) is 5.69 Å². The fraction of sp³-hybridized carbons (Fsp3) is 0.0800. The number of amides is 2. The van der Waals surface area contributed by atoms with Crippen LogP contribution in [0.25, 0.3) is 6.08 Å². The van der Waals surface area contributed by atoms with Crippen molar-refractivity contribution in [2.24, 2.45) is 5.10 Å². The number of anilines is 1. The summed E-state index contributed by atoms with van der Waals surface area (Å²) in [6.45, 7) is 0. The molecule has 0 saturated heterocycles. The minimum absolute atomic E-state index is 0.0000951. The lowest BCUT2D eigenvalue weighted by Crippen LogP contribution is -2.32. The highest BCUT2D eigenvalue weighted by molar-refractivity contribution is 9.10. The van der Waals surface area contributed by atoms with Crippen LogP contribution in [0.3, 0.4) is 0 Å². The summed E-state index contributed by atoms with van der Waals surface area (Å²) in [5.74, 6) is -1.15. The zero-order valence-electron chi connectivity index (χ0n) is 18.4. The van der Waals surface area contributed by atoms with Gasteiger partial charge in [-0.15, -0.1) is 0 Å². The number of carbonyl (C=O) groups excluding carboxylic acids is 2. The van der Waals surface area contributed by atoms with Crippen molar-refractivity contribution in [1.29, 1.82) is 0 Å². The maximum Gasteiger partial charge on any atom is 0.287 e. The predicted octanol–water partition coefficient (Wildman–Crippen LogP) is 4.80. The van der Waals surface area contributed by atoms with Crippen LogP contribution in [0.5, 0.6) is 5.75 Å². The van der Waals surface area contributed by atoms with Gasteiger partial charge >= 0.3 is 0 Å². The fourth-order valence-corrected chi connectivity index (χ4v) is 3.72. The zero-order valence-corrected chi connectivity index (χ0v) is 20.8. The van der Waals surface area contributed by atoms with Gasteiger partial charge in [-0.25, -0.2) is 5.43 Å². The van der Waals surface area contributed by atoms with Crippen LogP contribution in [0.2, 0.25) is 5.02 Å². The van der Waals surface area contributed by atoms with E-state index in [0.29, 0.717) is 26.2 Å². The molecule has 3 aromatic rings. The van der Waals surface area contributed by atoms with Gasteiger partial charge in [-0.3, -0.25) is 9.59 Å². The van der Waals surface area contributed by atoms with Crippen LogP contribution in [0.15, 0.2) is 82.0 Å². The monoisotopic (exact) mass is 540 g/mol. The summed E-state index contributed by atoms with van der Waals surface area (Å²) < 4.78 is 0.393. The largest absolute Gasteiger partial charge is 0.506 e. The van der Waals surface area contributed by atoms with Crippen LogP contribution in [-0.2, 0) is 4.79 Å². The summed E-state index contributed by atoms with van der Waals surface area (Å²) in [6, 6.07) is 19.1. The first kappa shape index (κ1) is 25.0. The van der Waals surface area contributed by atoms with E-state index in [2.05, 4.69) is 31.8 Å². The molecule has 0 aliphatic carbocycles. The Morgan fingerprint density at radius 2 is 1.74 bits per heavy atom. The second kappa shape index (κ2) is 11.5. The van der Waals surface area contributed by atoms with Gasteiger partial charge in [0, 0.05) is 35.9 Å². The predicted molar refractivity (Wildman–Crippen MR) is 139 cm³/mol. The quantitative estimate of drug-likeness (QED) is 0.228. The van der Waals surface area contributed by atoms with Gasteiger partial charge < -0.3 is 15.3 Å². The van der Waals surface area contributed by atoms with E-state index in [1.54, 1.807) is 36.4 Å². The molecule has 0 bridgehead atoms. The molecule has 9 heteroatoms. The second-order valence-corrected chi connectivity index (χ2v) is 8.68. The lowest BCUT2D eigenvalue weighted by molar-refractivity contribution is -0.117. The van der Waals surface area contributed by atoms with Crippen molar-refractivity contribution >= 4 is 57.3 Å². The first-order chi connectivity index (χ1) is 16.2. The Morgan fingerprint density at radius 1 is 1.06 bits per heavy atom. The molecular weight excluding hydrogens is 520 g/mol. The lowest BCUT2D eigenvalue weighted by Gasteiger charge is -2.12. The van der Waals surface area contributed by atoms with Crippen molar-refractivity contribution < 1.29 is 14.7 Å². The van der Waals surface area contributed by atoms with Gasteiger partial charge in [0.1, 0.15) is 11.4 Å². The minimum Gasteiger partial charge on any atom is -0.506 e. The molecule has 3 N–H and O–H groups in total. The number of hydrazone groups is 1. The third-order valence-corrected chi connectivity index (χ3v) is 5.50. The standard InChI is InChI=1S/C25H22BrClN4O3/c1-31(2)20-10-8-16(9-11-20)12-22(29-24(33)17-6-4-3-5-7-17)25(34)30-28-15-18-13-19(27)14-21(26)23(18)32/h3-15,32H,1-2H3,(H,29,33)(H,30,34)/b22-12+,28-15+. The number of nitrogens with one attached hydrogen (secondary N) is 2. The first-order valence-corrected chi connectivity index (χ1v) is 11.3. The average Bonchev–Trinajstić information content (AvgIpc) is 2.82. The van der Waals surface area contributed by atoms with E-state index in [9.17, 15) is 14.7 Å². The van der Waals surface area contributed by atoms with Crippen molar-refractivity contribution in [1.82, 2.24) is 10.7 Å². The van der Waals surface area contributed by atoms with E-state index in [1.807, 2.05) is 43.3 Å². The summed E-state index contributed by atoms with van der Waals surface area (Å²) in [5.41, 5.74) is 4.79. The number of hydrogen-bond acceptors (Lipinski definition) is 5. The number of nitrogens with zero attached hydrogens (tertiary/aromatic N) is 2. The third kappa shape index (κ3) is 6.69. The summed E-state index contributed by atoms with van der Waals surface area (Å²) in [7, 11) is 3.86. The van der Waals surface area contributed by atoms with Gasteiger partial charge in [0.05, 0.1) is 10.7 Å². The summed E-state index contributed by atoms with van der Waals surface area (Å²) >= 11 is 9.20. The number of phenols is 1. The molecule has 0 radical (unpaired) electrons. The highest BCUT2D eigenvalue weighted by Crippen LogP contribution is 2.30. The van der Waals surface area contributed by atoms with E-state index in [4.69, 9.17) is 11.6 Å². The maximum atomic E-state index is 12.9. The SMILES string of the molecule is CN(C)c1ccc(/C=C(/NC(=O)c2ccccc2)C(=O)N/N=C/c2cc(Cl)cc(Br)c2O)cc1. The summed E-state index contributed by atoms with van der Waals surface area (Å²) in [6.07, 6.45) is 2.81. The van der Waals surface area contributed by atoms with E-state index >= 15 is 0 Å². The Kier molecular flexibility index (Phi) is 8.45. The Labute approximate surface area is 210 Å². The van der Waals surface area contributed by atoms with Crippen LogP contribution in [0, 0.1) is 0 Å².